The van der Waals surface area contributed by atoms with E-state index in [1.54, 1.807) is 13.0 Å². The van der Waals surface area contributed by atoms with Gasteiger partial charge in [0, 0.05) is 18.0 Å². The van der Waals surface area contributed by atoms with Crippen molar-refractivity contribution in [1.82, 2.24) is 14.5 Å². The summed E-state index contributed by atoms with van der Waals surface area (Å²) in [5, 5.41) is 0. The number of alkyl halides is 3. The third-order valence-electron chi connectivity index (χ3n) is 4.80. The fraction of sp³-hybridized carbons (Fsp3) is 0.316. The summed E-state index contributed by atoms with van der Waals surface area (Å²) >= 11 is 0.596. The monoisotopic (exact) mass is 424 g/mol. The zero-order chi connectivity index (χ0) is 20.8. The van der Waals surface area contributed by atoms with Crippen molar-refractivity contribution >= 4 is 17.3 Å². The number of thiophene rings is 1. The van der Waals surface area contributed by atoms with Crippen LogP contribution in [0.5, 0.6) is 0 Å². The number of aromatic nitrogens is 3. The van der Waals surface area contributed by atoms with Gasteiger partial charge < -0.3 is 4.90 Å². The number of anilines is 1. The average Bonchev–Trinajstić information content (AvgIpc) is 3.13. The molecule has 0 bridgehead atoms. The number of aryl methyl sites for hydroxylation is 1. The van der Waals surface area contributed by atoms with Gasteiger partial charge in [0.2, 0.25) is 5.95 Å². The van der Waals surface area contributed by atoms with Gasteiger partial charge in [0.15, 0.2) is 0 Å². The zero-order valence-electron chi connectivity index (χ0n) is 15.3. The van der Waals surface area contributed by atoms with Crippen LogP contribution in [-0.4, -0.2) is 21.1 Å². The van der Waals surface area contributed by atoms with Gasteiger partial charge in [-0.25, -0.2) is 9.18 Å². The number of nitrogens with zero attached hydrogens (tertiary/aromatic N) is 4. The molecule has 5 nitrogen and oxygen atoms in total. The van der Waals surface area contributed by atoms with Crippen LogP contribution < -0.4 is 10.6 Å². The van der Waals surface area contributed by atoms with E-state index in [-0.39, 0.29) is 18.3 Å². The van der Waals surface area contributed by atoms with Crippen LogP contribution in [0.15, 0.2) is 35.1 Å². The highest BCUT2D eigenvalue weighted by atomic mass is 32.1. The molecule has 0 spiro atoms. The molecule has 0 atom stereocenters. The molecule has 1 aliphatic heterocycles. The van der Waals surface area contributed by atoms with Gasteiger partial charge in [0.05, 0.1) is 6.54 Å². The molecule has 4 rings (SSSR count). The molecule has 0 N–H and O–H groups in total. The van der Waals surface area contributed by atoms with Crippen LogP contribution in [0.25, 0.3) is 0 Å². The molecule has 0 amide bonds. The van der Waals surface area contributed by atoms with E-state index < -0.39 is 16.7 Å². The van der Waals surface area contributed by atoms with Crippen LogP contribution >= 0.6 is 11.3 Å². The molecule has 3 heterocycles. The number of fused-ring (bicyclic) bond motifs is 1. The Morgan fingerprint density at radius 3 is 2.62 bits per heavy atom. The van der Waals surface area contributed by atoms with E-state index in [9.17, 15) is 22.4 Å². The minimum absolute atomic E-state index is 0.0200. The maximum Gasteiger partial charge on any atom is 0.425 e. The van der Waals surface area contributed by atoms with E-state index in [1.807, 2.05) is 4.90 Å². The van der Waals surface area contributed by atoms with Gasteiger partial charge in [-0.1, -0.05) is 6.07 Å². The van der Waals surface area contributed by atoms with E-state index in [2.05, 4.69) is 9.97 Å². The molecule has 1 aromatic carbocycles. The van der Waals surface area contributed by atoms with Gasteiger partial charge in [-0.3, -0.25) is 4.57 Å². The molecular weight excluding hydrogens is 408 g/mol. The fourth-order valence-corrected chi connectivity index (χ4v) is 4.17. The Bertz CT molecular complexity index is 1120. The van der Waals surface area contributed by atoms with Gasteiger partial charge in [-0.05, 0) is 48.7 Å². The second kappa shape index (κ2) is 7.25. The molecule has 1 aliphatic rings. The normalized spacial score (nSPS) is 14.2. The van der Waals surface area contributed by atoms with Crippen LogP contribution in [0, 0.1) is 12.7 Å². The van der Waals surface area contributed by atoms with Crippen molar-refractivity contribution in [3.8, 4) is 0 Å². The van der Waals surface area contributed by atoms with Gasteiger partial charge in [0.25, 0.3) is 0 Å². The molecule has 2 aromatic heterocycles. The number of benzene rings is 1. The van der Waals surface area contributed by atoms with Crippen molar-refractivity contribution in [3.63, 3.8) is 0 Å². The molecule has 0 saturated heterocycles. The summed E-state index contributed by atoms with van der Waals surface area (Å²) in [5.41, 5.74) is 1.30. The van der Waals surface area contributed by atoms with E-state index in [1.165, 1.54) is 22.8 Å². The number of rotatable bonds is 3. The molecule has 0 aliphatic carbocycles. The van der Waals surface area contributed by atoms with Crippen LogP contribution in [0.3, 0.4) is 0 Å². The molecule has 29 heavy (non-hydrogen) atoms. The van der Waals surface area contributed by atoms with Gasteiger partial charge >= 0.3 is 11.9 Å². The van der Waals surface area contributed by atoms with Crippen LogP contribution in [0.4, 0.5) is 23.5 Å². The van der Waals surface area contributed by atoms with Crippen molar-refractivity contribution in [1.29, 1.82) is 0 Å². The molecule has 152 valence electrons. The lowest BCUT2D eigenvalue weighted by atomic mass is 10.00. The summed E-state index contributed by atoms with van der Waals surface area (Å²) in [7, 11) is 0. The minimum Gasteiger partial charge on any atom is -0.336 e. The highest BCUT2D eigenvalue weighted by Crippen LogP contribution is 2.34. The Labute approximate surface area is 167 Å². The van der Waals surface area contributed by atoms with Crippen molar-refractivity contribution < 1.29 is 17.6 Å². The van der Waals surface area contributed by atoms with Crippen molar-refractivity contribution in [3.05, 3.63) is 73.3 Å². The Balaban J connectivity index is 1.57. The smallest absolute Gasteiger partial charge is 0.336 e. The van der Waals surface area contributed by atoms with E-state index in [0.29, 0.717) is 41.5 Å². The van der Waals surface area contributed by atoms with Gasteiger partial charge in [-0.15, -0.1) is 11.3 Å². The van der Waals surface area contributed by atoms with Crippen LogP contribution in [0.1, 0.15) is 26.7 Å². The van der Waals surface area contributed by atoms with E-state index >= 15 is 0 Å². The Hall–Kier alpha value is -2.75. The first-order valence-electron chi connectivity index (χ1n) is 8.84. The Morgan fingerprint density at radius 1 is 1.14 bits per heavy atom. The highest BCUT2D eigenvalue weighted by Gasteiger charge is 2.32. The zero-order valence-corrected chi connectivity index (χ0v) is 16.1. The average molecular weight is 424 g/mol. The first-order valence-corrected chi connectivity index (χ1v) is 9.66. The number of hydrogen-bond acceptors (Lipinski definition) is 5. The predicted molar refractivity (Wildman–Crippen MR) is 101 cm³/mol. The summed E-state index contributed by atoms with van der Waals surface area (Å²) in [6.45, 7) is 2.60. The van der Waals surface area contributed by atoms with Crippen molar-refractivity contribution in [2.75, 3.05) is 11.4 Å². The molecular formula is C19H16F4N4OS. The number of hydrogen-bond donors (Lipinski definition) is 0. The first-order chi connectivity index (χ1) is 13.7. The summed E-state index contributed by atoms with van der Waals surface area (Å²) < 4.78 is 52.9. The lowest BCUT2D eigenvalue weighted by Gasteiger charge is -2.29. The largest absolute Gasteiger partial charge is 0.425 e. The second-order valence-corrected chi connectivity index (χ2v) is 7.96. The molecule has 0 saturated carbocycles. The molecule has 0 unspecified atom stereocenters. The maximum absolute atomic E-state index is 13.4. The summed E-state index contributed by atoms with van der Waals surface area (Å²) in [6.07, 6.45) is -3.80. The maximum atomic E-state index is 13.4. The lowest BCUT2D eigenvalue weighted by Crippen LogP contribution is -2.36. The highest BCUT2D eigenvalue weighted by molar-refractivity contribution is 7.12. The Kier molecular flexibility index (Phi) is 4.89. The van der Waals surface area contributed by atoms with E-state index in [0.717, 1.165) is 17.2 Å². The lowest BCUT2D eigenvalue weighted by molar-refractivity contribution is -0.134. The summed E-state index contributed by atoms with van der Waals surface area (Å²) in [6, 6.07) is 6.97. The molecule has 3 aromatic rings. The third-order valence-corrected chi connectivity index (χ3v) is 5.91. The van der Waals surface area contributed by atoms with Crippen LogP contribution in [-0.2, 0) is 25.7 Å². The quantitative estimate of drug-likeness (QED) is 0.601. The minimum atomic E-state index is -4.41. The predicted octanol–water partition coefficient (Wildman–Crippen LogP) is 3.78. The standard InChI is InChI=1S/C19H16F4N4OS/c1-11-24-17(26-7-6-12-8-14(20)3-2-13(12)9-26)25-18(28)27(11)10-15-4-5-16(29-15)19(21,22)23/h2-5,8H,6-7,9-10H2,1H3. The second-order valence-electron chi connectivity index (χ2n) is 6.79. The fourth-order valence-electron chi connectivity index (χ4n) is 3.30. The Morgan fingerprint density at radius 2 is 1.93 bits per heavy atom. The molecule has 10 heteroatoms. The topological polar surface area (TPSA) is 51.0 Å². The number of halogens is 4. The van der Waals surface area contributed by atoms with Gasteiger partial charge in [-0.2, -0.15) is 23.1 Å². The summed E-state index contributed by atoms with van der Waals surface area (Å²) in [5.74, 6) is 0.349. The van der Waals surface area contributed by atoms with E-state index in [4.69, 9.17) is 0 Å². The third kappa shape index (κ3) is 4.02. The van der Waals surface area contributed by atoms with Crippen LogP contribution in [0.2, 0.25) is 0 Å². The van der Waals surface area contributed by atoms with Crippen molar-refractivity contribution in [2.24, 2.45) is 0 Å². The van der Waals surface area contributed by atoms with Gasteiger partial charge in [0.1, 0.15) is 16.5 Å². The SMILES string of the molecule is Cc1nc(N2CCc3cc(F)ccc3C2)nc(=O)n1Cc1ccc(C(F)(F)F)s1. The molecule has 0 radical (unpaired) electrons. The molecule has 0 fully saturated rings. The summed E-state index contributed by atoms with van der Waals surface area (Å²) in [4.78, 5) is 22.5. The first kappa shape index (κ1) is 19.6. The van der Waals surface area contributed by atoms with Crippen molar-refractivity contribution in [2.45, 2.75) is 32.6 Å².